The van der Waals surface area contributed by atoms with Gasteiger partial charge in [-0.25, -0.2) is 0 Å². The maximum atomic E-state index is 12.7. The highest BCUT2D eigenvalue weighted by Gasteiger charge is 2.30. The van der Waals surface area contributed by atoms with E-state index in [4.69, 9.17) is 4.74 Å². The molecule has 1 aliphatic heterocycles. The number of alkyl halides is 3. The van der Waals surface area contributed by atoms with Gasteiger partial charge in [0.25, 0.3) is 5.91 Å². The highest BCUT2D eigenvalue weighted by Crippen LogP contribution is 2.30. The molecule has 2 aromatic rings. The summed E-state index contributed by atoms with van der Waals surface area (Å²) >= 11 is 0. The summed E-state index contributed by atoms with van der Waals surface area (Å²) in [6.07, 6.45) is -4.17. The predicted molar refractivity (Wildman–Crippen MR) is 110 cm³/mol. The summed E-state index contributed by atoms with van der Waals surface area (Å²) < 4.78 is 43.2. The second-order valence-electron chi connectivity index (χ2n) is 7.63. The van der Waals surface area contributed by atoms with Crippen molar-refractivity contribution in [2.45, 2.75) is 25.4 Å². The minimum absolute atomic E-state index is 0.0658. The Hall–Kier alpha value is -3.03. The molecule has 1 saturated heterocycles. The summed E-state index contributed by atoms with van der Waals surface area (Å²) in [6, 6.07) is 11.8. The molecule has 2 aromatic carbocycles. The molecule has 0 aliphatic carbocycles. The smallest absolute Gasteiger partial charge is 0.416 e. The van der Waals surface area contributed by atoms with Gasteiger partial charge in [0.1, 0.15) is 5.75 Å². The van der Waals surface area contributed by atoms with E-state index in [1.54, 1.807) is 41.2 Å². The van der Waals surface area contributed by atoms with Crippen LogP contribution in [-0.2, 0) is 11.0 Å². The van der Waals surface area contributed by atoms with Crippen LogP contribution in [0.2, 0.25) is 0 Å². The molecule has 0 spiro atoms. The summed E-state index contributed by atoms with van der Waals surface area (Å²) in [7, 11) is 1.56. The number of ether oxygens (including phenoxy) is 1. The van der Waals surface area contributed by atoms with Crippen LogP contribution < -0.4 is 4.74 Å². The van der Waals surface area contributed by atoms with Gasteiger partial charge >= 0.3 is 6.18 Å². The lowest BCUT2D eigenvalue weighted by atomic mass is 9.96. The lowest BCUT2D eigenvalue weighted by Crippen LogP contribution is -2.50. The van der Waals surface area contributed by atoms with E-state index in [-0.39, 0.29) is 24.2 Å². The van der Waals surface area contributed by atoms with Crippen molar-refractivity contribution < 1.29 is 27.5 Å². The Kier molecular flexibility index (Phi) is 6.87. The molecule has 0 bridgehead atoms. The third kappa shape index (κ3) is 5.57. The summed E-state index contributed by atoms with van der Waals surface area (Å²) in [5.74, 6) is 0.319. The maximum absolute atomic E-state index is 12.7. The number of carbonyl (C=O) groups excluding carboxylic acids is 2. The molecule has 1 heterocycles. The van der Waals surface area contributed by atoms with E-state index in [0.29, 0.717) is 43.1 Å². The van der Waals surface area contributed by atoms with Gasteiger partial charge in [-0.1, -0.05) is 19.1 Å². The number of piperazine rings is 1. The fraction of sp³-hybridized carbons (Fsp3) is 0.391. The molecule has 166 valence electrons. The Morgan fingerprint density at radius 3 is 2.00 bits per heavy atom. The van der Waals surface area contributed by atoms with Gasteiger partial charge in [-0.2, -0.15) is 13.2 Å². The zero-order valence-electron chi connectivity index (χ0n) is 17.5. The zero-order valence-corrected chi connectivity index (χ0v) is 17.5. The highest BCUT2D eigenvalue weighted by atomic mass is 19.4. The molecule has 3 rings (SSSR count). The molecule has 1 aliphatic rings. The second-order valence-corrected chi connectivity index (χ2v) is 7.63. The van der Waals surface area contributed by atoms with Crippen LogP contribution in [0, 0.1) is 0 Å². The first-order valence-electron chi connectivity index (χ1n) is 10.1. The minimum atomic E-state index is -4.37. The zero-order chi connectivity index (χ0) is 22.6. The molecule has 2 amide bonds. The number of amides is 2. The van der Waals surface area contributed by atoms with Crippen molar-refractivity contribution in [2.24, 2.45) is 0 Å². The van der Waals surface area contributed by atoms with E-state index in [0.717, 1.165) is 12.1 Å². The van der Waals surface area contributed by atoms with E-state index in [9.17, 15) is 22.8 Å². The fourth-order valence-electron chi connectivity index (χ4n) is 3.58. The average molecular weight is 434 g/mol. The van der Waals surface area contributed by atoms with E-state index in [2.05, 4.69) is 0 Å². The molecule has 0 N–H and O–H groups in total. The highest BCUT2D eigenvalue weighted by molar-refractivity contribution is 5.94. The van der Waals surface area contributed by atoms with Gasteiger partial charge < -0.3 is 14.5 Å². The van der Waals surface area contributed by atoms with Gasteiger partial charge in [0.05, 0.1) is 12.7 Å². The van der Waals surface area contributed by atoms with Crippen LogP contribution in [0.15, 0.2) is 48.5 Å². The van der Waals surface area contributed by atoms with Crippen LogP contribution in [-0.4, -0.2) is 54.9 Å². The van der Waals surface area contributed by atoms with E-state index in [1.807, 2.05) is 6.92 Å². The number of carbonyl (C=O) groups is 2. The number of benzene rings is 2. The van der Waals surface area contributed by atoms with Crippen LogP contribution in [0.25, 0.3) is 0 Å². The lowest BCUT2D eigenvalue weighted by molar-refractivity contribution is -0.137. The van der Waals surface area contributed by atoms with Crippen molar-refractivity contribution in [1.82, 2.24) is 9.80 Å². The molecule has 0 aromatic heterocycles. The molecular formula is C23H25F3N2O3. The van der Waals surface area contributed by atoms with Crippen molar-refractivity contribution >= 4 is 11.8 Å². The third-order valence-electron chi connectivity index (χ3n) is 5.54. The first kappa shape index (κ1) is 22.7. The fourth-order valence-corrected chi connectivity index (χ4v) is 3.58. The maximum Gasteiger partial charge on any atom is 0.416 e. The Balaban J connectivity index is 1.52. The number of nitrogens with zero attached hydrogens (tertiary/aromatic N) is 2. The normalized spacial score (nSPS) is 15.5. The summed E-state index contributed by atoms with van der Waals surface area (Å²) in [5.41, 5.74) is 0.554. The van der Waals surface area contributed by atoms with Gasteiger partial charge in [-0.15, -0.1) is 0 Å². The number of rotatable bonds is 5. The molecular weight excluding hydrogens is 409 g/mol. The molecule has 5 nitrogen and oxygen atoms in total. The molecule has 1 atom stereocenters. The van der Waals surface area contributed by atoms with Crippen molar-refractivity contribution in [3.63, 3.8) is 0 Å². The average Bonchev–Trinajstić information content (AvgIpc) is 2.78. The van der Waals surface area contributed by atoms with Crippen molar-refractivity contribution in [3.8, 4) is 5.75 Å². The monoisotopic (exact) mass is 434 g/mol. The lowest BCUT2D eigenvalue weighted by Gasteiger charge is -2.35. The molecule has 0 radical (unpaired) electrons. The topological polar surface area (TPSA) is 49.9 Å². The van der Waals surface area contributed by atoms with Crippen LogP contribution in [0.4, 0.5) is 13.2 Å². The third-order valence-corrected chi connectivity index (χ3v) is 5.54. The number of halogens is 3. The molecule has 1 unspecified atom stereocenters. The number of methoxy groups -OCH3 is 1. The first-order valence-corrected chi connectivity index (χ1v) is 10.1. The molecule has 8 heteroatoms. The first-order chi connectivity index (χ1) is 14.7. The number of hydrogen-bond donors (Lipinski definition) is 0. The number of hydrogen-bond acceptors (Lipinski definition) is 3. The molecule has 1 fully saturated rings. The van der Waals surface area contributed by atoms with E-state index < -0.39 is 11.7 Å². The summed E-state index contributed by atoms with van der Waals surface area (Å²) in [5, 5.41) is 0. The van der Waals surface area contributed by atoms with Gasteiger partial charge in [0.2, 0.25) is 5.91 Å². The SMILES string of the molecule is COc1ccc(C(=O)N2CCN(C(=O)CC(C)c3ccc(C(F)(F)F)cc3)CC2)cc1. The van der Waals surface area contributed by atoms with Gasteiger partial charge in [0, 0.05) is 38.2 Å². The molecule has 0 saturated carbocycles. The Morgan fingerprint density at radius 2 is 1.48 bits per heavy atom. The molecule has 31 heavy (non-hydrogen) atoms. The van der Waals surface area contributed by atoms with Gasteiger partial charge in [-0.05, 0) is 47.9 Å². The van der Waals surface area contributed by atoms with Crippen LogP contribution in [0.5, 0.6) is 5.75 Å². The van der Waals surface area contributed by atoms with Crippen molar-refractivity contribution in [1.29, 1.82) is 0 Å². The minimum Gasteiger partial charge on any atom is -0.497 e. The Labute approximate surface area is 179 Å². The largest absolute Gasteiger partial charge is 0.497 e. The van der Waals surface area contributed by atoms with E-state index in [1.165, 1.54) is 12.1 Å². The summed E-state index contributed by atoms with van der Waals surface area (Å²) in [4.78, 5) is 28.7. The Morgan fingerprint density at radius 1 is 0.935 bits per heavy atom. The standard InChI is InChI=1S/C23H25F3N2O3/c1-16(17-3-7-19(8-4-17)23(24,25)26)15-21(29)27-11-13-28(14-12-27)22(30)18-5-9-20(31-2)10-6-18/h3-10,16H,11-15H2,1-2H3. The predicted octanol–water partition coefficient (Wildman–Crippen LogP) is 4.19. The van der Waals surface area contributed by atoms with Gasteiger partial charge in [-0.3, -0.25) is 9.59 Å². The Bertz CT molecular complexity index is 903. The van der Waals surface area contributed by atoms with Crippen LogP contribution in [0.3, 0.4) is 0 Å². The second kappa shape index (κ2) is 9.41. The summed E-state index contributed by atoms with van der Waals surface area (Å²) in [6.45, 7) is 3.56. The van der Waals surface area contributed by atoms with Gasteiger partial charge in [0.15, 0.2) is 0 Å². The van der Waals surface area contributed by atoms with Crippen LogP contribution >= 0.6 is 0 Å². The van der Waals surface area contributed by atoms with Crippen LogP contribution in [0.1, 0.15) is 40.7 Å². The quantitative estimate of drug-likeness (QED) is 0.709. The van der Waals surface area contributed by atoms with Crippen molar-refractivity contribution in [2.75, 3.05) is 33.3 Å². The van der Waals surface area contributed by atoms with E-state index >= 15 is 0 Å². The van der Waals surface area contributed by atoms with Crippen molar-refractivity contribution in [3.05, 3.63) is 65.2 Å².